The largest absolute Gasteiger partial charge is 0.378 e. The van der Waals surface area contributed by atoms with Gasteiger partial charge in [0.2, 0.25) is 0 Å². The molecule has 348 valence electrons. The molecule has 0 fully saturated rings. The molecule has 62 heavy (non-hydrogen) atoms. The van der Waals surface area contributed by atoms with E-state index in [-0.39, 0.29) is 0 Å². The van der Waals surface area contributed by atoms with Gasteiger partial charge in [-0.05, 0) is 0 Å². The molecule has 0 saturated carbocycles. The molecule has 0 spiro atoms. The first-order valence-electron chi connectivity index (χ1n) is 19.5. The van der Waals surface area contributed by atoms with Crippen molar-refractivity contribution in [3.8, 4) is 0 Å². The smallest absolute Gasteiger partial charge is 0.145 e. The molecule has 0 N–H and O–H groups in total. The molecule has 6 heterocycles. The van der Waals surface area contributed by atoms with E-state index in [1.165, 1.54) is 42.3 Å². The van der Waals surface area contributed by atoms with Gasteiger partial charge in [0.1, 0.15) is 6.28 Å². The molecule has 0 amide bonds. The Morgan fingerprint density at radius 1 is 0.242 bits per heavy atom. The minimum absolute atomic E-state index is 0.593. The fourth-order valence-electron chi connectivity index (χ4n) is 4.76. The molecule has 26 heteroatoms. The van der Waals surface area contributed by atoms with Crippen LogP contribution in [0.2, 0.25) is 0 Å². The van der Waals surface area contributed by atoms with Crippen molar-refractivity contribution in [3.05, 3.63) is 31.7 Å². The Bertz CT molecular complexity index is 1580. The summed E-state index contributed by atoms with van der Waals surface area (Å²) < 4.78 is 63.0. The van der Waals surface area contributed by atoms with E-state index in [1.54, 1.807) is 45.3 Å². The highest BCUT2D eigenvalue weighted by molar-refractivity contribution is 8.45. The van der Waals surface area contributed by atoms with Crippen LogP contribution in [0.15, 0.2) is 42.3 Å². The van der Waals surface area contributed by atoms with E-state index in [0.717, 1.165) is 52.3 Å². The Kier molecular flexibility index (Phi) is 30.2. The summed E-state index contributed by atoms with van der Waals surface area (Å²) in [6.45, 7) is 10.2. The van der Waals surface area contributed by atoms with E-state index < -0.39 is 0 Å². The van der Waals surface area contributed by atoms with Crippen LogP contribution in [0.5, 0.6) is 0 Å². The van der Waals surface area contributed by atoms with Gasteiger partial charge in [-0.1, -0.05) is 71.5 Å². The maximum Gasteiger partial charge on any atom is 0.145 e. The van der Waals surface area contributed by atoms with Gasteiger partial charge >= 0.3 is 0 Å². The van der Waals surface area contributed by atoms with Gasteiger partial charge in [0, 0.05) is 46.0 Å². The lowest BCUT2D eigenvalue weighted by molar-refractivity contribution is 0.0605. The molecule has 0 saturated heterocycles. The molecule has 8 nitrogen and oxygen atoms in total. The van der Waals surface area contributed by atoms with Crippen LogP contribution in [0.25, 0.3) is 0 Å². The summed E-state index contributed by atoms with van der Waals surface area (Å²) in [5.41, 5.74) is 0. The van der Waals surface area contributed by atoms with Crippen molar-refractivity contribution in [3.63, 3.8) is 0 Å². The second-order valence-corrected chi connectivity index (χ2v) is 33.8. The quantitative estimate of drug-likeness (QED) is 0.235. The normalized spacial score (nSPS) is 22.8. The van der Waals surface area contributed by atoms with Crippen molar-refractivity contribution in [2.24, 2.45) is 0 Å². The van der Waals surface area contributed by atoms with Gasteiger partial charge in [-0.25, -0.2) is 0 Å². The van der Waals surface area contributed by atoms with Crippen molar-refractivity contribution in [1.82, 2.24) is 0 Å². The van der Waals surface area contributed by atoms with Gasteiger partial charge in [0.15, 0.2) is 0 Å². The van der Waals surface area contributed by atoms with E-state index in [4.69, 9.17) is 62.3 Å². The fourth-order valence-corrected chi connectivity index (χ4v) is 28.4. The highest BCUT2D eigenvalue weighted by Crippen LogP contribution is 2.66. The third-order valence-electron chi connectivity index (χ3n) is 7.45. The average molecular weight is 1190 g/mol. The standard InChI is InChI=1S/C36H48O8S18/c45-35-59-29-30(60-35)52-22-14-42-7-3-39-11-19-49-27-28-50-20-12-40-4-8-44-16-24-54-32-31(61-36(46)62-32)53-23-15-43-6-2-38-10-18-48-26-25(55-33(56-26)34(57-27)58-28)47-17-9-37-1-5-41-13-21-51-29/h1-24H2. The molecule has 2 aromatic rings. The summed E-state index contributed by atoms with van der Waals surface area (Å²) in [7, 11) is 0. The Balaban J connectivity index is 1.05. The Hall–Kier alpha value is 3.64. The molecule has 0 unspecified atom stereocenters. The Morgan fingerprint density at radius 2 is 0.435 bits per heavy atom. The van der Waals surface area contributed by atoms with Crippen molar-refractivity contribution < 1.29 is 37.9 Å². The van der Waals surface area contributed by atoms with Crippen LogP contribution in [0.1, 0.15) is 0 Å². The molecule has 6 bridgehead atoms. The molecule has 2 aromatic heterocycles. The van der Waals surface area contributed by atoms with Crippen LogP contribution in [0.3, 0.4) is 0 Å². The highest BCUT2D eigenvalue weighted by atomic mass is 32.3. The van der Waals surface area contributed by atoms with Crippen molar-refractivity contribution in [2.45, 2.75) is 16.8 Å². The van der Waals surface area contributed by atoms with E-state index in [1.807, 2.05) is 141 Å². The van der Waals surface area contributed by atoms with Gasteiger partial charge < -0.3 is 37.9 Å². The number of rotatable bonds is 0. The zero-order chi connectivity index (χ0) is 42.9. The average Bonchev–Trinajstić information content (AvgIpc) is 4.05. The molecular weight excluding hydrogens is 1140 g/mol. The summed E-state index contributed by atoms with van der Waals surface area (Å²) in [5, 5.41) is 0. The summed E-state index contributed by atoms with van der Waals surface area (Å²) in [6.07, 6.45) is 0. The Labute approximate surface area is 443 Å². The van der Waals surface area contributed by atoms with E-state index >= 15 is 0 Å². The summed E-state index contributed by atoms with van der Waals surface area (Å²) in [5.74, 6) is 7.12. The van der Waals surface area contributed by atoms with Crippen LogP contribution in [0.4, 0.5) is 0 Å². The lowest BCUT2D eigenvalue weighted by atomic mass is 10.7. The summed E-state index contributed by atoms with van der Waals surface area (Å²) in [4.78, 5) is 0. The minimum Gasteiger partial charge on any atom is -0.378 e. The lowest BCUT2D eigenvalue weighted by Gasteiger charge is -2.08. The van der Waals surface area contributed by atoms with Gasteiger partial charge in [-0.2, -0.15) is 0 Å². The van der Waals surface area contributed by atoms with Gasteiger partial charge in [-0.15, -0.1) is 139 Å². The topological polar surface area (TPSA) is 73.8 Å². The van der Waals surface area contributed by atoms with Crippen LogP contribution in [-0.2, 0) is 37.9 Å². The van der Waals surface area contributed by atoms with Crippen LogP contribution < -0.4 is 0 Å². The molecule has 0 atom stereocenters. The van der Waals surface area contributed by atoms with Crippen LogP contribution in [-0.4, -0.2) is 152 Å². The first-order chi connectivity index (χ1) is 30.6. The zero-order valence-corrected chi connectivity index (χ0v) is 48.3. The summed E-state index contributed by atoms with van der Waals surface area (Å²) >= 11 is 40.4. The molecule has 0 aromatic carbocycles. The molecule has 4 aliphatic rings. The maximum absolute atomic E-state index is 6.02. The number of ether oxygens (including phenoxy) is 8. The Morgan fingerprint density at radius 3 is 0.645 bits per heavy atom. The predicted octanol–water partition coefficient (Wildman–Crippen LogP) is 13.9. The van der Waals surface area contributed by atoms with Gasteiger partial charge in [0.25, 0.3) is 0 Å². The van der Waals surface area contributed by atoms with Crippen molar-refractivity contribution >= 4 is 211 Å². The molecule has 0 radical (unpaired) electrons. The number of hydrogen-bond acceptors (Lipinski definition) is 26. The lowest BCUT2D eigenvalue weighted by Crippen LogP contribution is -2.08. The van der Waals surface area contributed by atoms with Crippen molar-refractivity contribution in [1.29, 1.82) is 0 Å². The maximum atomic E-state index is 6.02. The molecule has 4 aliphatic heterocycles. The summed E-state index contributed by atoms with van der Waals surface area (Å²) in [6, 6.07) is 0. The fraction of sp³-hybridized carbons (Fsp3) is 0.667. The third kappa shape index (κ3) is 21.6. The second-order valence-electron chi connectivity index (χ2n) is 11.9. The molecule has 6 rings (SSSR count). The van der Waals surface area contributed by atoms with Crippen LogP contribution >= 0.6 is 211 Å². The van der Waals surface area contributed by atoms with Crippen molar-refractivity contribution in [2.75, 3.05) is 152 Å². The zero-order valence-electron chi connectivity index (χ0n) is 33.6. The first-order valence-corrected chi connectivity index (χ1v) is 34.7. The predicted molar refractivity (Wildman–Crippen MR) is 297 cm³/mol. The second kappa shape index (κ2) is 34.1. The van der Waals surface area contributed by atoms with E-state index in [0.29, 0.717) is 106 Å². The minimum atomic E-state index is 0.593. The van der Waals surface area contributed by atoms with E-state index in [9.17, 15) is 0 Å². The third-order valence-corrected chi connectivity index (χ3v) is 29.9. The van der Waals surface area contributed by atoms with Gasteiger partial charge in [-0.3, -0.25) is 0 Å². The molecular formula is C36H48O8S18. The van der Waals surface area contributed by atoms with E-state index in [2.05, 4.69) is 0 Å². The van der Waals surface area contributed by atoms with Crippen LogP contribution in [0, 0.1) is 6.28 Å². The number of hydrogen-bond donors (Lipinski definition) is 0. The highest BCUT2D eigenvalue weighted by Gasteiger charge is 2.31. The number of fused-ring (bicyclic) bond motifs is 6. The number of thioether (sulfide) groups is 12. The molecule has 0 aliphatic carbocycles. The first kappa shape index (κ1) is 55.0. The SMILES string of the molecule is S=c1sc2c(s1)SCCOCCOCCSC1=C3SCCOCCOCCSc4sc(=S)sc4SCCOCCOCCSC4=C(SCCOCCOCCS2)SC(=C(S1)S3)S4. The monoisotopic (exact) mass is 1180 g/mol. The van der Waals surface area contributed by atoms with Gasteiger partial charge in [0.05, 0.1) is 148 Å².